The van der Waals surface area contributed by atoms with Crippen molar-refractivity contribution < 1.29 is 9.47 Å². The van der Waals surface area contributed by atoms with E-state index in [2.05, 4.69) is 54.0 Å². The van der Waals surface area contributed by atoms with Crippen LogP contribution in [-0.2, 0) is 12.8 Å². The molecule has 1 heterocycles. The third-order valence-corrected chi connectivity index (χ3v) is 5.75. The van der Waals surface area contributed by atoms with Crippen molar-refractivity contribution in [2.75, 3.05) is 19.6 Å². The number of hydrogen-bond acceptors (Lipinski definition) is 6. The van der Waals surface area contributed by atoms with Gasteiger partial charge in [0.05, 0.1) is 19.9 Å². The van der Waals surface area contributed by atoms with Gasteiger partial charge in [-0.05, 0) is 29.3 Å². The molecule has 0 unspecified atom stereocenters. The normalized spacial score (nSPS) is 10.4. The van der Waals surface area contributed by atoms with Crippen LogP contribution < -0.4 is 14.9 Å². The van der Waals surface area contributed by atoms with Crippen LogP contribution in [0.25, 0.3) is 11.3 Å². The highest BCUT2D eigenvalue weighted by atomic mass is 32.1. The summed E-state index contributed by atoms with van der Waals surface area (Å²) in [6, 6.07) is 26.4. The third kappa shape index (κ3) is 5.53. The summed E-state index contributed by atoms with van der Waals surface area (Å²) in [6.07, 6.45) is 1.54. The number of thiazole rings is 1. The van der Waals surface area contributed by atoms with Crippen molar-refractivity contribution in [3.8, 4) is 22.8 Å². The van der Waals surface area contributed by atoms with E-state index < -0.39 is 0 Å². The van der Waals surface area contributed by atoms with Crippen molar-refractivity contribution in [2.24, 2.45) is 5.10 Å². The summed E-state index contributed by atoms with van der Waals surface area (Å²) >= 11 is 1.51. The summed E-state index contributed by atoms with van der Waals surface area (Å²) in [4.78, 5) is 4.72. The van der Waals surface area contributed by atoms with Crippen molar-refractivity contribution in [3.05, 3.63) is 95.4 Å². The molecular weight excluding hydrogens is 418 g/mol. The number of nitrogens with one attached hydrogen (secondary N) is 1. The predicted octanol–water partition coefficient (Wildman–Crippen LogP) is 6.08. The molecule has 0 aliphatic carbocycles. The molecule has 0 amide bonds. The smallest absolute Gasteiger partial charge is 0.203 e. The summed E-state index contributed by atoms with van der Waals surface area (Å²) in [6.45, 7) is 0. The number of hydrazone groups is 1. The van der Waals surface area contributed by atoms with Gasteiger partial charge in [0.15, 0.2) is 0 Å². The van der Waals surface area contributed by atoms with Crippen LogP contribution in [0.2, 0.25) is 0 Å². The first kappa shape index (κ1) is 21.6. The molecule has 1 aromatic heterocycles. The second kappa shape index (κ2) is 10.6. The van der Waals surface area contributed by atoms with Crippen LogP contribution in [0, 0.1) is 0 Å². The molecule has 1 N–H and O–H groups in total. The molecule has 0 saturated heterocycles. The third-order valence-electron chi connectivity index (χ3n) is 5.00. The summed E-state index contributed by atoms with van der Waals surface area (Å²) in [7, 11) is 3.30. The maximum Gasteiger partial charge on any atom is 0.203 e. The van der Waals surface area contributed by atoms with Crippen molar-refractivity contribution in [3.63, 3.8) is 0 Å². The molecule has 0 aliphatic heterocycles. The first-order valence-electron chi connectivity index (χ1n) is 10.3. The summed E-state index contributed by atoms with van der Waals surface area (Å²) < 4.78 is 10.9. The van der Waals surface area contributed by atoms with Crippen molar-refractivity contribution in [1.29, 1.82) is 0 Å². The molecule has 6 heteroatoms. The molecule has 4 aromatic rings. The van der Waals surface area contributed by atoms with Gasteiger partial charge in [0.2, 0.25) is 5.13 Å². The fourth-order valence-electron chi connectivity index (χ4n) is 3.39. The van der Waals surface area contributed by atoms with Crippen LogP contribution in [-0.4, -0.2) is 24.9 Å². The Hall–Kier alpha value is -3.64. The lowest BCUT2D eigenvalue weighted by atomic mass is 10.0. The summed E-state index contributed by atoms with van der Waals surface area (Å²) in [5.74, 6) is 1.51. The molecule has 162 valence electrons. The average Bonchev–Trinajstić information content (AvgIpc) is 3.32. The van der Waals surface area contributed by atoms with Gasteiger partial charge in [-0.1, -0.05) is 60.7 Å². The van der Waals surface area contributed by atoms with Crippen molar-refractivity contribution in [2.45, 2.75) is 12.8 Å². The molecule has 4 rings (SSSR count). The van der Waals surface area contributed by atoms with Gasteiger partial charge in [0.25, 0.3) is 0 Å². The molecule has 0 fully saturated rings. The number of nitrogens with zero attached hydrogens (tertiary/aromatic N) is 2. The van der Waals surface area contributed by atoms with Gasteiger partial charge in [-0.25, -0.2) is 4.98 Å². The van der Waals surface area contributed by atoms with Gasteiger partial charge < -0.3 is 9.47 Å². The summed E-state index contributed by atoms with van der Waals surface area (Å²) in [5, 5.41) is 7.44. The maximum absolute atomic E-state index is 5.50. The van der Waals surface area contributed by atoms with E-state index in [9.17, 15) is 0 Å². The number of hydrogen-bond donors (Lipinski definition) is 1. The Kier molecular flexibility index (Phi) is 7.15. The van der Waals surface area contributed by atoms with Gasteiger partial charge in [0.1, 0.15) is 11.5 Å². The number of rotatable bonds is 9. The van der Waals surface area contributed by atoms with Crippen LogP contribution >= 0.6 is 11.3 Å². The molecule has 0 saturated carbocycles. The van der Waals surface area contributed by atoms with E-state index in [1.807, 2.05) is 35.7 Å². The Bertz CT molecular complexity index is 1130. The highest BCUT2D eigenvalue weighted by Gasteiger charge is 2.12. The van der Waals surface area contributed by atoms with Gasteiger partial charge in [-0.3, -0.25) is 5.43 Å². The minimum Gasteiger partial charge on any atom is -0.497 e. The van der Waals surface area contributed by atoms with E-state index >= 15 is 0 Å². The minimum absolute atomic E-state index is 0.725. The molecule has 0 aliphatic rings. The average molecular weight is 444 g/mol. The zero-order valence-electron chi connectivity index (χ0n) is 18.1. The highest BCUT2D eigenvalue weighted by molar-refractivity contribution is 7.14. The van der Waals surface area contributed by atoms with Crippen molar-refractivity contribution >= 4 is 22.2 Å². The molecule has 0 bridgehead atoms. The molecule has 3 aromatic carbocycles. The van der Waals surface area contributed by atoms with Crippen LogP contribution in [0.15, 0.2) is 89.3 Å². The second-order valence-corrected chi connectivity index (χ2v) is 8.08. The largest absolute Gasteiger partial charge is 0.497 e. The molecule has 5 nitrogen and oxygen atoms in total. The Morgan fingerprint density at radius 1 is 0.875 bits per heavy atom. The predicted molar refractivity (Wildman–Crippen MR) is 132 cm³/mol. The number of methoxy groups -OCH3 is 2. The Balaban J connectivity index is 1.56. The molecular formula is C26H25N3O2S. The fraction of sp³-hybridized carbons (Fsp3) is 0.154. The molecule has 0 radical (unpaired) electrons. The van der Waals surface area contributed by atoms with Gasteiger partial charge in [0, 0.05) is 29.5 Å². The van der Waals surface area contributed by atoms with Gasteiger partial charge >= 0.3 is 0 Å². The number of aromatic nitrogens is 1. The number of ether oxygens (including phenoxy) is 2. The standard InChI is InChI=1S/C26H25N3O2S/c1-30-22-13-14-25(31-2)23(17-22)24-18-32-26(27-24)29-28-21(15-19-9-5-3-6-10-19)16-20-11-7-4-8-12-20/h3-14,17-18H,15-16H2,1-2H3,(H,27,29). The van der Waals surface area contributed by atoms with E-state index in [1.54, 1.807) is 14.2 Å². The van der Waals surface area contributed by atoms with Crippen LogP contribution in [0.3, 0.4) is 0 Å². The topological polar surface area (TPSA) is 55.7 Å². The lowest BCUT2D eigenvalue weighted by Crippen LogP contribution is -2.10. The molecule has 0 atom stereocenters. The van der Waals surface area contributed by atoms with Crippen molar-refractivity contribution in [1.82, 2.24) is 4.98 Å². The van der Waals surface area contributed by atoms with E-state index in [4.69, 9.17) is 19.6 Å². The van der Waals surface area contributed by atoms with E-state index in [0.29, 0.717) is 0 Å². The summed E-state index contributed by atoms with van der Waals surface area (Å²) in [5.41, 5.74) is 8.36. The van der Waals surface area contributed by atoms with Crippen LogP contribution in [0.5, 0.6) is 11.5 Å². The highest BCUT2D eigenvalue weighted by Crippen LogP contribution is 2.35. The van der Waals surface area contributed by atoms with Crippen LogP contribution in [0.4, 0.5) is 5.13 Å². The maximum atomic E-state index is 5.50. The SMILES string of the molecule is COc1ccc(OC)c(-c2csc(NN=C(Cc3ccccc3)Cc3ccccc3)n2)c1. The van der Waals surface area contributed by atoms with Crippen LogP contribution in [0.1, 0.15) is 11.1 Å². The zero-order chi connectivity index (χ0) is 22.2. The lowest BCUT2D eigenvalue weighted by Gasteiger charge is -2.09. The lowest BCUT2D eigenvalue weighted by molar-refractivity contribution is 0.404. The first-order chi connectivity index (χ1) is 15.7. The number of anilines is 1. The first-order valence-corrected chi connectivity index (χ1v) is 11.2. The fourth-order valence-corrected chi connectivity index (χ4v) is 4.05. The molecule has 32 heavy (non-hydrogen) atoms. The Labute approximate surface area is 192 Å². The van der Waals surface area contributed by atoms with Gasteiger partial charge in [-0.15, -0.1) is 11.3 Å². The number of benzene rings is 3. The Morgan fingerprint density at radius 2 is 1.53 bits per heavy atom. The van der Waals surface area contributed by atoms with Gasteiger partial charge in [-0.2, -0.15) is 5.10 Å². The van der Waals surface area contributed by atoms with E-state index in [-0.39, 0.29) is 0 Å². The molecule has 0 spiro atoms. The quantitative estimate of drug-likeness (QED) is 0.252. The van der Waals surface area contributed by atoms with E-state index in [1.165, 1.54) is 22.5 Å². The zero-order valence-corrected chi connectivity index (χ0v) is 18.9. The minimum atomic E-state index is 0.725. The Morgan fingerprint density at radius 3 is 2.12 bits per heavy atom. The van der Waals surface area contributed by atoms with E-state index in [0.717, 1.165) is 46.4 Å². The second-order valence-electron chi connectivity index (χ2n) is 7.22. The monoisotopic (exact) mass is 443 g/mol.